The van der Waals surface area contributed by atoms with Crippen molar-refractivity contribution in [3.8, 4) is 0 Å². The molecule has 3 aromatic carbocycles. The molecule has 0 aliphatic carbocycles. The van der Waals surface area contributed by atoms with Gasteiger partial charge in [-0.05, 0) is 75.9 Å². The van der Waals surface area contributed by atoms with Crippen molar-refractivity contribution >= 4 is 50.2 Å². The molecule has 0 spiro atoms. The minimum absolute atomic E-state index is 0.219. The first-order chi connectivity index (χ1) is 15.0. The van der Waals surface area contributed by atoms with Crippen molar-refractivity contribution in [1.29, 1.82) is 0 Å². The summed E-state index contributed by atoms with van der Waals surface area (Å²) in [6, 6.07) is 18.9. The topological polar surface area (TPSA) is 48.1 Å². The van der Waals surface area contributed by atoms with Gasteiger partial charge in [-0.2, -0.15) is 0 Å². The number of para-hydroxylation sites is 1. The molecule has 5 rings (SSSR count). The highest BCUT2D eigenvalue weighted by Crippen LogP contribution is 2.39. The van der Waals surface area contributed by atoms with E-state index >= 15 is 0 Å². The molecule has 1 unspecified atom stereocenters. The molecule has 156 valence electrons. The second-order valence-electron chi connectivity index (χ2n) is 7.51. The molecular formula is C24H18BrClFN3O. The normalized spacial score (nSPS) is 15.7. The Labute approximate surface area is 192 Å². The van der Waals surface area contributed by atoms with Crippen molar-refractivity contribution in [2.45, 2.75) is 12.5 Å². The fourth-order valence-corrected chi connectivity index (χ4v) is 4.78. The van der Waals surface area contributed by atoms with E-state index in [-0.39, 0.29) is 17.9 Å². The molecule has 1 aromatic heterocycles. The van der Waals surface area contributed by atoms with E-state index in [9.17, 15) is 9.18 Å². The van der Waals surface area contributed by atoms with Gasteiger partial charge >= 0.3 is 6.03 Å². The van der Waals surface area contributed by atoms with Crippen LogP contribution in [0.15, 0.2) is 71.2 Å². The van der Waals surface area contributed by atoms with Gasteiger partial charge in [0, 0.05) is 32.6 Å². The Hall–Kier alpha value is -2.83. The van der Waals surface area contributed by atoms with Crippen molar-refractivity contribution in [3.05, 3.63) is 98.9 Å². The van der Waals surface area contributed by atoms with Crippen LogP contribution < -0.4 is 5.32 Å². The zero-order valence-corrected chi connectivity index (χ0v) is 18.7. The number of aromatic nitrogens is 1. The van der Waals surface area contributed by atoms with E-state index in [1.54, 1.807) is 17.0 Å². The maximum atomic E-state index is 13.6. The van der Waals surface area contributed by atoms with E-state index in [0.717, 1.165) is 32.2 Å². The van der Waals surface area contributed by atoms with Gasteiger partial charge in [0.15, 0.2) is 0 Å². The summed E-state index contributed by atoms with van der Waals surface area (Å²) in [6.07, 6.45) is 0.691. The van der Waals surface area contributed by atoms with Crippen LogP contribution in [0.5, 0.6) is 0 Å². The summed E-state index contributed by atoms with van der Waals surface area (Å²) in [5.41, 5.74) is 4.56. The third-order valence-electron chi connectivity index (χ3n) is 5.65. The summed E-state index contributed by atoms with van der Waals surface area (Å²) in [4.78, 5) is 18.6. The largest absolute Gasteiger partial charge is 0.356 e. The van der Waals surface area contributed by atoms with Gasteiger partial charge in [0.1, 0.15) is 5.82 Å². The van der Waals surface area contributed by atoms with Gasteiger partial charge in [-0.3, -0.25) is 0 Å². The van der Waals surface area contributed by atoms with E-state index in [1.165, 1.54) is 12.1 Å². The summed E-state index contributed by atoms with van der Waals surface area (Å²) >= 11 is 9.72. The molecule has 1 aliphatic heterocycles. The lowest BCUT2D eigenvalue weighted by Crippen LogP contribution is -2.43. The first-order valence-electron chi connectivity index (χ1n) is 9.89. The van der Waals surface area contributed by atoms with Gasteiger partial charge in [0.2, 0.25) is 0 Å². The van der Waals surface area contributed by atoms with Crippen molar-refractivity contribution in [1.82, 2.24) is 9.88 Å². The molecule has 1 atom stereocenters. The van der Waals surface area contributed by atoms with Crippen LogP contribution in [0.3, 0.4) is 0 Å². The Bertz CT molecular complexity index is 1290. The number of H-pyrrole nitrogens is 1. The third kappa shape index (κ3) is 3.70. The molecule has 4 aromatic rings. The molecule has 1 aliphatic rings. The number of nitrogens with one attached hydrogen (secondary N) is 2. The summed E-state index contributed by atoms with van der Waals surface area (Å²) in [5, 5.41) is 4.72. The van der Waals surface area contributed by atoms with Gasteiger partial charge < -0.3 is 15.2 Å². The first kappa shape index (κ1) is 20.1. The minimum Gasteiger partial charge on any atom is -0.356 e. The average molecular weight is 499 g/mol. The number of hydrogen-bond donors (Lipinski definition) is 2. The Morgan fingerprint density at radius 1 is 1.13 bits per heavy atom. The summed E-state index contributed by atoms with van der Waals surface area (Å²) < 4.78 is 14.4. The van der Waals surface area contributed by atoms with E-state index < -0.39 is 0 Å². The molecule has 0 saturated heterocycles. The highest BCUT2D eigenvalue weighted by molar-refractivity contribution is 9.10. The van der Waals surface area contributed by atoms with E-state index in [2.05, 4.69) is 26.2 Å². The Balaban J connectivity index is 1.60. The fourth-order valence-electron chi connectivity index (χ4n) is 4.22. The summed E-state index contributed by atoms with van der Waals surface area (Å²) in [6.45, 7) is 0.519. The van der Waals surface area contributed by atoms with Crippen molar-refractivity contribution in [2.24, 2.45) is 0 Å². The lowest BCUT2D eigenvalue weighted by atomic mass is 9.92. The van der Waals surface area contributed by atoms with E-state index in [0.29, 0.717) is 23.7 Å². The SMILES string of the molecule is O=C(Nc1ccccc1Br)N1CCc2c([nH]c3ccc(Cl)cc23)C1c1ccc(F)cc1. The molecule has 0 saturated carbocycles. The average Bonchev–Trinajstić information content (AvgIpc) is 3.13. The van der Waals surface area contributed by atoms with Crippen LogP contribution in [-0.2, 0) is 6.42 Å². The molecule has 0 fully saturated rings. The molecule has 2 amide bonds. The second-order valence-corrected chi connectivity index (χ2v) is 8.81. The number of benzene rings is 3. The molecule has 7 heteroatoms. The van der Waals surface area contributed by atoms with E-state index in [4.69, 9.17) is 11.6 Å². The summed E-state index contributed by atoms with van der Waals surface area (Å²) in [7, 11) is 0. The molecular weight excluding hydrogens is 481 g/mol. The first-order valence-corrected chi connectivity index (χ1v) is 11.1. The quantitative estimate of drug-likeness (QED) is 0.310. The van der Waals surface area contributed by atoms with Crippen molar-refractivity contribution < 1.29 is 9.18 Å². The molecule has 2 N–H and O–H groups in total. The number of urea groups is 1. The number of hydrogen-bond acceptors (Lipinski definition) is 1. The smallest absolute Gasteiger partial charge is 0.322 e. The Morgan fingerprint density at radius 3 is 2.68 bits per heavy atom. The fraction of sp³-hybridized carbons (Fsp3) is 0.125. The van der Waals surface area contributed by atoms with Crippen LogP contribution in [0.25, 0.3) is 10.9 Å². The maximum Gasteiger partial charge on any atom is 0.322 e. The molecule has 0 bridgehead atoms. The lowest BCUT2D eigenvalue weighted by molar-refractivity contribution is 0.193. The highest BCUT2D eigenvalue weighted by atomic mass is 79.9. The Kier molecular flexibility index (Phi) is 5.20. The predicted molar refractivity (Wildman–Crippen MR) is 125 cm³/mol. The Morgan fingerprint density at radius 2 is 1.90 bits per heavy atom. The number of anilines is 1. The highest BCUT2D eigenvalue weighted by Gasteiger charge is 2.34. The van der Waals surface area contributed by atoms with Gasteiger partial charge in [-0.25, -0.2) is 9.18 Å². The number of rotatable bonds is 2. The third-order valence-corrected chi connectivity index (χ3v) is 6.58. The zero-order valence-electron chi connectivity index (χ0n) is 16.3. The minimum atomic E-state index is -0.377. The number of nitrogens with zero attached hydrogens (tertiary/aromatic N) is 1. The van der Waals surface area contributed by atoms with Crippen molar-refractivity contribution in [3.63, 3.8) is 0 Å². The monoisotopic (exact) mass is 497 g/mol. The van der Waals surface area contributed by atoms with E-state index in [1.807, 2.05) is 42.5 Å². The van der Waals surface area contributed by atoms with Crippen LogP contribution in [0, 0.1) is 5.82 Å². The number of fused-ring (bicyclic) bond motifs is 3. The number of carbonyl (C=O) groups excluding carboxylic acids is 1. The standard InChI is InChI=1S/C24H18BrClFN3O/c25-19-3-1-2-4-21(19)29-24(31)30-12-11-17-18-13-15(26)7-10-20(18)28-22(17)23(30)14-5-8-16(27)9-6-14/h1-10,13,23,28H,11-12H2,(H,29,31). The second kappa shape index (κ2) is 8.02. The number of halogens is 3. The van der Waals surface area contributed by atoms with Crippen LogP contribution >= 0.6 is 27.5 Å². The molecule has 0 radical (unpaired) electrons. The van der Waals surface area contributed by atoms with Crippen LogP contribution in [0.2, 0.25) is 5.02 Å². The van der Waals surface area contributed by atoms with Gasteiger partial charge in [-0.1, -0.05) is 35.9 Å². The van der Waals surface area contributed by atoms with Crippen LogP contribution in [0.4, 0.5) is 14.9 Å². The number of aromatic amines is 1. The van der Waals surface area contributed by atoms with Crippen molar-refractivity contribution in [2.75, 3.05) is 11.9 Å². The molecule has 31 heavy (non-hydrogen) atoms. The number of amides is 2. The van der Waals surface area contributed by atoms with Crippen LogP contribution in [-0.4, -0.2) is 22.5 Å². The lowest BCUT2D eigenvalue weighted by Gasteiger charge is -2.36. The van der Waals surface area contributed by atoms with Gasteiger partial charge in [0.05, 0.1) is 11.7 Å². The molecule has 4 nitrogen and oxygen atoms in total. The summed E-state index contributed by atoms with van der Waals surface area (Å²) in [5.74, 6) is -0.313. The zero-order chi connectivity index (χ0) is 21.5. The van der Waals surface area contributed by atoms with Gasteiger partial charge in [0.25, 0.3) is 0 Å². The van der Waals surface area contributed by atoms with Gasteiger partial charge in [-0.15, -0.1) is 0 Å². The molecule has 2 heterocycles. The maximum absolute atomic E-state index is 13.6. The van der Waals surface area contributed by atoms with Crippen LogP contribution in [0.1, 0.15) is 22.9 Å². The number of carbonyl (C=O) groups is 1. The predicted octanol–water partition coefficient (Wildman–Crippen LogP) is 6.90.